The first-order valence-electron chi connectivity index (χ1n) is 14.2. The highest BCUT2D eigenvalue weighted by Gasteiger charge is 2.33. The highest BCUT2D eigenvalue weighted by molar-refractivity contribution is 5.97. The van der Waals surface area contributed by atoms with Gasteiger partial charge in [-0.2, -0.15) is 0 Å². The Bertz CT molecular complexity index is 1540. The van der Waals surface area contributed by atoms with Crippen molar-refractivity contribution in [3.05, 3.63) is 45.3 Å². The molecule has 1 saturated carbocycles. The van der Waals surface area contributed by atoms with Gasteiger partial charge in [0, 0.05) is 32.4 Å². The summed E-state index contributed by atoms with van der Waals surface area (Å²) in [6, 6.07) is 0.0537. The number of ether oxygens (including phenoxy) is 2. The number of nitrogens with zero attached hydrogens (tertiary/aromatic N) is 3. The van der Waals surface area contributed by atoms with Gasteiger partial charge in [-0.25, -0.2) is 18.4 Å². The van der Waals surface area contributed by atoms with Gasteiger partial charge in [0.15, 0.2) is 11.6 Å². The highest BCUT2D eigenvalue weighted by atomic mass is 19.1. The maximum atomic E-state index is 15.7. The van der Waals surface area contributed by atoms with Crippen molar-refractivity contribution in [3.8, 4) is 5.75 Å². The summed E-state index contributed by atoms with van der Waals surface area (Å²) in [5, 5.41) is 12.0. The largest absolute Gasteiger partial charge is 0.492 e. The topological polar surface area (TPSA) is 130 Å². The summed E-state index contributed by atoms with van der Waals surface area (Å²) < 4.78 is 43.7. The zero-order valence-corrected chi connectivity index (χ0v) is 25.3. The minimum Gasteiger partial charge on any atom is -0.492 e. The molecule has 2 amide bonds. The number of rotatable bonds is 8. The molecule has 2 N–H and O–H groups in total. The Morgan fingerprint density at radius 1 is 1.26 bits per heavy atom. The zero-order valence-electron chi connectivity index (χ0n) is 25.3. The second-order valence-electron chi connectivity index (χ2n) is 12.0. The Labute approximate surface area is 248 Å². The molecule has 2 heterocycles. The van der Waals surface area contributed by atoms with E-state index in [0.29, 0.717) is 30.5 Å². The molecule has 1 aliphatic carbocycles. The van der Waals surface area contributed by atoms with Crippen LogP contribution in [0, 0.1) is 5.82 Å². The number of anilines is 1. The number of pyridine rings is 1. The lowest BCUT2D eigenvalue weighted by atomic mass is 10.0. The number of hydrogen-bond acceptors (Lipinski definition) is 7. The van der Waals surface area contributed by atoms with Crippen LogP contribution in [0.3, 0.4) is 0 Å². The molecule has 1 atom stereocenters. The Balaban J connectivity index is 1.59. The molecule has 234 valence electrons. The molecule has 1 saturated heterocycles. The van der Waals surface area contributed by atoms with Crippen molar-refractivity contribution in [3.63, 3.8) is 0 Å². The monoisotopic (exact) mass is 604 g/mol. The number of fused-ring (bicyclic) bond motifs is 1. The van der Waals surface area contributed by atoms with Crippen molar-refractivity contribution in [1.29, 1.82) is 0 Å². The molecule has 13 heteroatoms. The smallest absolute Gasteiger partial charge is 0.410 e. The number of aromatic carboxylic acids is 1. The lowest BCUT2D eigenvalue weighted by Gasteiger charge is -2.33. The number of carboxylic acid groups (broad SMARTS) is 1. The standard InChI is InChI=1S/C30H38F2N4O7/c1-16(34(5)29(41)43-30(2,3)4)27(38)33-13-22(32)17-8-7-11-35(14-17)24-21(31)12-19-23(26(24)42-6)36(18-9-10-18)15-20(25(19)37)28(39)40/h12,15-16,18H,7-11,13-14H2,1-6H3,(H,33,38)(H,39,40)/b22-17+/t16-/m0/s1. The summed E-state index contributed by atoms with van der Waals surface area (Å²) in [6.07, 6.45) is 3.01. The fourth-order valence-electron chi connectivity index (χ4n) is 5.11. The van der Waals surface area contributed by atoms with E-state index in [4.69, 9.17) is 9.47 Å². The van der Waals surface area contributed by atoms with Crippen LogP contribution in [0.15, 0.2) is 28.5 Å². The third kappa shape index (κ3) is 6.75. The number of piperidine rings is 1. The fourth-order valence-corrected chi connectivity index (χ4v) is 5.11. The summed E-state index contributed by atoms with van der Waals surface area (Å²) >= 11 is 0. The molecular weight excluding hydrogens is 566 g/mol. The van der Waals surface area contributed by atoms with Gasteiger partial charge in [0.2, 0.25) is 11.3 Å². The number of benzene rings is 1. The average molecular weight is 605 g/mol. The maximum Gasteiger partial charge on any atom is 0.410 e. The van der Waals surface area contributed by atoms with Gasteiger partial charge in [-0.05, 0) is 65.0 Å². The predicted octanol–water partition coefficient (Wildman–Crippen LogP) is 4.38. The molecule has 0 spiro atoms. The van der Waals surface area contributed by atoms with Crippen molar-refractivity contribution in [2.24, 2.45) is 0 Å². The van der Waals surface area contributed by atoms with E-state index in [2.05, 4.69) is 5.32 Å². The predicted molar refractivity (Wildman–Crippen MR) is 156 cm³/mol. The van der Waals surface area contributed by atoms with E-state index >= 15 is 8.78 Å². The average Bonchev–Trinajstić information content (AvgIpc) is 3.79. The summed E-state index contributed by atoms with van der Waals surface area (Å²) in [6.45, 7) is 6.60. The zero-order chi connectivity index (χ0) is 31.8. The van der Waals surface area contributed by atoms with Gasteiger partial charge in [0.25, 0.3) is 0 Å². The lowest BCUT2D eigenvalue weighted by molar-refractivity contribution is -0.125. The van der Waals surface area contributed by atoms with Crippen molar-refractivity contribution in [2.75, 3.05) is 38.7 Å². The molecule has 2 aliphatic rings. The van der Waals surface area contributed by atoms with Crippen molar-refractivity contribution >= 4 is 34.6 Å². The third-order valence-electron chi connectivity index (χ3n) is 7.62. The van der Waals surface area contributed by atoms with E-state index in [1.807, 2.05) is 0 Å². The van der Waals surface area contributed by atoms with Gasteiger partial charge in [0.1, 0.15) is 28.7 Å². The summed E-state index contributed by atoms with van der Waals surface area (Å²) in [7, 11) is 2.76. The second-order valence-corrected chi connectivity index (χ2v) is 12.0. The lowest BCUT2D eigenvalue weighted by Crippen LogP contribution is -2.47. The first-order valence-corrected chi connectivity index (χ1v) is 14.2. The Morgan fingerprint density at radius 2 is 1.93 bits per heavy atom. The van der Waals surface area contributed by atoms with E-state index in [1.54, 1.807) is 30.2 Å². The molecule has 0 bridgehead atoms. The van der Waals surface area contributed by atoms with Crippen molar-refractivity contribution in [2.45, 2.75) is 71.1 Å². The number of methoxy groups -OCH3 is 1. The van der Waals surface area contributed by atoms with Crippen LogP contribution >= 0.6 is 0 Å². The maximum absolute atomic E-state index is 15.7. The number of nitrogens with one attached hydrogen (secondary N) is 1. The number of carbonyl (C=O) groups is 3. The van der Waals surface area contributed by atoms with Gasteiger partial charge < -0.3 is 29.4 Å². The second kappa shape index (κ2) is 12.2. The Hall–Kier alpha value is -4.16. The highest BCUT2D eigenvalue weighted by Crippen LogP contribution is 2.44. The number of hydrogen-bond donors (Lipinski definition) is 2. The third-order valence-corrected chi connectivity index (χ3v) is 7.62. The number of likely N-dealkylation sites (N-methyl/N-ethyl adjacent to an activating group) is 1. The minimum atomic E-state index is -1.40. The molecule has 2 aromatic rings. The van der Waals surface area contributed by atoms with E-state index in [0.717, 1.165) is 23.8 Å². The molecule has 0 radical (unpaired) electrons. The van der Waals surface area contributed by atoms with Crippen LogP contribution in [-0.2, 0) is 9.53 Å². The van der Waals surface area contributed by atoms with Crippen LogP contribution < -0.4 is 20.4 Å². The number of carboxylic acids is 1. The molecule has 1 aromatic heterocycles. The van der Waals surface area contributed by atoms with E-state index < -0.39 is 58.8 Å². The number of halogens is 2. The van der Waals surface area contributed by atoms with E-state index in [1.165, 1.54) is 27.3 Å². The molecule has 4 rings (SSSR count). The molecule has 43 heavy (non-hydrogen) atoms. The van der Waals surface area contributed by atoms with Crippen LogP contribution in [0.2, 0.25) is 0 Å². The first-order chi connectivity index (χ1) is 20.1. The summed E-state index contributed by atoms with van der Waals surface area (Å²) in [5.74, 6) is -3.27. The van der Waals surface area contributed by atoms with Crippen molar-refractivity contribution < 1.29 is 37.7 Å². The minimum absolute atomic E-state index is 0.00866. The molecule has 0 unspecified atom stereocenters. The van der Waals surface area contributed by atoms with Crippen LogP contribution in [-0.4, -0.2) is 78.0 Å². The number of amides is 2. The van der Waals surface area contributed by atoms with Gasteiger partial charge >= 0.3 is 12.1 Å². The van der Waals surface area contributed by atoms with Gasteiger partial charge in [0.05, 0.1) is 24.6 Å². The van der Waals surface area contributed by atoms with E-state index in [-0.39, 0.29) is 29.4 Å². The quantitative estimate of drug-likeness (QED) is 0.454. The van der Waals surface area contributed by atoms with Crippen LogP contribution in [0.5, 0.6) is 5.75 Å². The fraction of sp³-hybridized carbons (Fsp3) is 0.533. The number of aromatic nitrogens is 1. The van der Waals surface area contributed by atoms with Crippen LogP contribution in [0.1, 0.15) is 69.8 Å². The van der Waals surface area contributed by atoms with Crippen LogP contribution in [0.25, 0.3) is 10.9 Å². The molecule has 1 aliphatic heterocycles. The Kier molecular flexibility index (Phi) is 9.02. The molecular formula is C30H38F2N4O7. The van der Waals surface area contributed by atoms with Gasteiger partial charge in [-0.15, -0.1) is 0 Å². The first kappa shape index (κ1) is 31.8. The summed E-state index contributed by atoms with van der Waals surface area (Å²) in [4.78, 5) is 52.4. The van der Waals surface area contributed by atoms with Gasteiger partial charge in [-0.3, -0.25) is 14.5 Å². The Morgan fingerprint density at radius 3 is 2.51 bits per heavy atom. The van der Waals surface area contributed by atoms with Gasteiger partial charge in [-0.1, -0.05) is 0 Å². The SMILES string of the molecule is COc1c(N2CCC/C(=C(\F)CNC(=O)[C@H](C)N(C)C(=O)OC(C)(C)C)C2)c(F)cc2c(=O)c(C(=O)O)cn(C3CC3)c12. The molecule has 2 fully saturated rings. The van der Waals surface area contributed by atoms with Crippen LogP contribution in [0.4, 0.5) is 19.3 Å². The molecule has 1 aromatic carbocycles. The number of carbonyl (C=O) groups excluding carboxylic acids is 2. The van der Waals surface area contributed by atoms with E-state index in [9.17, 15) is 24.3 Å². The normalized spacial score (nSPS) is 17.3. The molecule has 11 nitrogen and oxygen atoms in total. The summed E-state index contributed by atoms with van der Waals surface area (Å²) in [5.41, 5.74) is -1.29. The van der Waals surface area contributed by atoms with Crippen molar-refractivity contribution in [1.82, 2.24) is 14.8 Å².